The molecule has 0 aromatic heterocycles. The number of hydrogen-bond acceptors (Lipinski definition) is 2. The zero-order valence-corrected chi connectivity index (χ0v) is 17.6. The van der Waals surface area contributed by atoms with E-state index in [0.29, 0.717) is 29.5 Å². The molecule has 31 heavy (non-hydrogen) atoms. The Balaban J connectivity index is 1.81. The number of hydrogen-bond donors (Lipinski definition) is 0. The lowest BCUT2D eigenvalue weighted by molar-refractivity contribution is 0.321. The van der Waals surface area contributed by atoms with E-state index in [-0.39, 0.29) is 30.3 Å². The van der Waals surface area contributed by atoms with Crippen molar-refractivity contribution in [3.8, 4) is 17.2 Å². The van der Waals surface area contributed by atoms with E-state index < -0.39 is 17.5 Å². The molecule has 0 fully saturated rings. The van der Waals surface area contributed by atoms with Crippen LogP contribution in [0.15, 0.2) is 67.3 Å². The largest absolute Gasteiger partial charge is 0.486 e. The Morgan fingerprint density at radius 1 is 1.03 bits per heavy atom. The molecule has 0 atom stereocenters. The molecule has 0 saturated heterocycles. The topological polar surface area (TPSA) is 18.5 Å². The molecule has 0 amide bonds. The van der Waals surface area contributed by atoms with Gasteiger partial charge in [0.1, 0.15) is 6.61 Å². The molecule has 0 aliphatic carbocycles. The van der Waals surface area contributed by atoms with Crippen LogP contribution in [0, 0.1) is 17.5 Å². The first-order valence-corrected chi connectivity index (χ1v) is 10.1. The molecule has 3 rings (SSSR count). The second-order valence-electron chi connectivity index (χ2n) is 7.40. The molecular formula is C26H25F3O2. The highest BCUT2D eigenvalue weighted by molar-refractivity contribution is 5.54. The lowest BCUT2D eigenvalue weighted by Crippen LogP contribution is -2.10. The van der Waals surface area contributed by atoms with Gasteiger partial charge < -0.3 is 9.47 Å². The van der Waals surface area contributed by atoms with Crippen LogP contribution >= 0.6 is 0 Å². The van der Waals surface area contributed by atoms with Crippen LogP contribution in [-0.4, -0.2) is 6.61 Å². The molecule has 2 aromatic rings. The predicted octanol–water partition coefficient (Wildman–Crippen LogP) is 7.38. The van der Waals surface area contributed by atoms with E-state index in [1.165, 1.54) is 12.1 Å². The first kappa shape index (κ1) is 22.5. The summed E-state index contributed by atoms with van der Waals surface area (Å²) in [5.41, 5.74) is 3.22. The van der Waals surface area contributed by atoms with Gasteiger partial charge in [0, 0.05) is 17.5 Å². The lowest BCUT2D eigenvalue weighted by Gasteiger charge is -2.23. The van der Waals surface area contributed by atoms with Crippen LogP contribution in [0.3, 0.4) is 0 Å². The van der Waals surface area contributed by atoms with Crippen molar-refractivity contribution in [3.63, 3.8) is 0 Å². The third-order valence-corrected chi connectivity index (χ3v) is 5.13. The molecule has 162 valence electrons. The summed E-state index contributed by atoms with van der Waals surface area (Å²) in [6.07, 6.45) is 7.22. The number of ether oxygens (including phenoxy) is 2. The van der Waals surface area contributed by atoms with Gasteiger partial charge in [0.2, 0.25) is 11.6 Å². The summed E-state index contributed by atoms with van der Waals surface area (Å²) in [5.74, 6) is -3.53. The Bertz CT molecular complexity index is 1070. The zero-order chi connectivity index (χ0) is 22.5. The number of fused-ring (bicyclic) bond motifs is 2. The van der Waals surface area contributed by atoms with E-state index in [9.17, 15) is 8.78 Å². The van der Waals surface area contributed by atoms with Crippen molar-refractivity contribution in [2.45, 2.75) is 32.6 Å². The van der Waals surface area contributed by atoms with Gasteiger partial charge in [0.25, 0.3) is 0 Å². The molecule has 0 unspecified atom stereocenters. The average molecular weight is 426 g/mol. The fraction of sp³-hybridized carbons (Fsp3) is 0.231. The Morgan fingerprint density at radius 3 is 2.45 bits per heavy atom. The molecule has 0 saturated carbocycles. The van der Waals surface area contributed by atoms with Crippen molar-refractivity contribution >= 4 is 0 Å². The first-order valence-electron chi connectivity index (χ1n) is 10.1. The summed E-state index contributed by atoms with van der Waals surface area (Å²) < 4.78 is 54.7. The minimum Gasteiger partial charge on any atom is -0.486 e. The highest BCUT2D eigenvalue weighted by Gasteiger charge is 2.28. The zero-order valence-electron chi connectivity index (χ0n) is 17.6. The van der Waals surface area contributed by atoms with Gasteiger partial charge in [-0.2, -0.15) is 8.78 Å². The van der Waals surface area contributed by atoms with Gasteiger partial charge in [-0.05, 0) is 30.9 Å². The van der Waals surface area contributed by atoms with Crippen LogP contribution in [0.25, 0.3) is 0 Å². The fourth-order valence-electron chi connectivity index (χ4n) is 3.25. The maximum Gasteiger partial charge on any atom is 0.205 e. The van der Waals surface area contributed by atoms with Crippen LogP contribution in [0.2, 0.25) is 0 Å². The molecule has 0 radical (unpaired) electrons. The second kappa shape index (κ2) is 9.73. The molecule has 0 spiro atoms. The molecule has 2 nitrogen and oxygen atoms in total. The normalized spacial score (nSPS) is 12.1. The van der Waals surface area contributed by atoms with Crippen molar-refractivity contribution in [2.24, 2.45) is 0 Å². The number of halogens is 3. The van der Waals surface area contributed by atoms with Gasteiger partial charge in [-0.15, -0.1) is 0 Å². The van der Waals surface area contributed by atoms with Crippen LogP contribution < -0.4 is 9.47 Å². The molecule has 0 bridgehead atoms. The van der Waals surface area contributed by atoms with E-state index in [1.54, 1.807) is 12.1 Å². The Morgan fingerprint density at radius 2 is 1.74 bits per heavy atom. The molecule has 1 aliphatic heterocycles. The van der Waals surface area contributed by atoms with E-state index in [0.717, 1.165) is 17.6 Å². The van der Waals surface area contributed by atoms with Crippen molar-refractivity contribution in [2.75, 3.05) is 6.61 Å². The maximum absolute atomic E-state index is 15.1. The van der Waals surface area contributed by atoms with Crippen LogP contribution in [-0.2, 0) is 12.8 Å². The van der Waals surface area contributed by atoms with Crippen molar-refractivity contribution in [1.29, 1.82) is 0 Å². The third-order valence-electron chi connectivity index (χ3n) is 5.13. The summed E-state index contributed by atoms with van der Waals surface area (Å²) in [7, 11) is 0. The quantitative estimate of drug-likeness (QED) is 0.263. The summed E-state index contributed by atoms with van der Waals surface area (Å²) in [5, 5.41) is 0. The van der Waals surface area contributed by atoms with E-state index in [4.69, 9.17) is 9.47 Å². The van der Waals surface area contributed by atoms with Crippen molar-refractivity contribution in [3.05, 3.63) is 101 Å². The number of rotatable bonds is 9. The van der Waals surface area contributed by atoms with Gasteiger partial charge >= 0.3 is 0 Å². The molecule has 1 heterocycles. The number of aryl methyl sites for hydroxylation is 1. The Kier molecular flexibility index (Phi) is 7.06. The third kappa shape index (κ3) is 4.93. The summed E-state index contributed by atoms with van der Waals surface area (Å²) >= 11 is 0. The molecule has 5 heteroatoms. The van der Waals surface area contributed by atoms with Gasteiger partial charge in [0.15, 0.2) is 23.1 Å². The lowest BCUT2D eigenvalue weighted by atomic mass is 9.96. The number of allylic oxidation sites excluding steroid dienone is 4. The molecular weight excluding hydrogens is 401 g/mol. The summed E-state index contributed by atoms with van der Waals surface area (Å²) in [6, 6.07) is 4.83. The highest BCUT2D eigenvalue weighted by atomic mass is 19.2. The molecule has 0 N–H and O–H groups in total. The van der Waals surface area contributed by atoms with E-state index in [2.05, 4.69) is 19.7 Å². The van der Waals surface area contributed by atoms with Crippen molar-refractivity contribution < 1.29 is 22.6 Å². The highest BCUT2D eigenvalue weighted by Crippen LogP contribution is 2.43. The van der Waals surface area contributed by atoms with Gasteiger partial charge in [-0.1, -0.05) is 68.2 Å². The van der Waals surface area contributed by atoms with Crippen LogP contribution in [0.5, 0.6) is 17.2 Å². The van der Waals surface area contributed by atoms with Gasteiger partial charge in [-0.25, -0.2) is 4.39 Å². The van der Waals surface area contributed by atoms with Crippen molar-refractivity contribution in [1.82, 2.24) is 0 Å². The molecule has 1 aliphatic rings. The maximum atomic E-state index is 15.1. The predicted molar refractivity (Wildman–Crippen MR) is 117 cm³/mol. The summed E-state index contributed by atoms with van der Waals surface area (Å²) in [6.45, 7) is 13.4. The standard InChI is InChI=1S/C26H25F3O2/c1-5-13-30-21-15-20-14-19-12-11-18(10-9-17(4)8-7-16(3)6-2)22(27)25(19)31-26(20)24(29)23(21)28/h5,7-8,11-12,15H,1,3-4,6,9-10,13-14H2,2H3/b8-7-. The van der Waals surface area contributed by atoms with Gasteiger partial charge in [-0.3, -0.25) is 0 Å². The molecule has 2 aromatic carbocycles. The smallest absolute Gasteiger partial charge is 0.205 e. The van der Waals surface area contributed by atoms with E-state index >= 15 is 4.39 Å². The number of benzene rings is 2. The minimum absolute atomic E-state index is 0.0393. The van der Waals surface area contributed by atoms with Crippen LogP contribution in [0.4, 0.5) is 13.2 Å². The second-order valence-corrected chi connectivity index (χ2v) is 7.40. The summed E-state index contributed by atoms with van der Waals surface area (Å²) in [4.78, 5) is 0. The Hall–Kier alpha value is -3.21. The Labute approximate surface area is 181 Å². The van der Waals surface area contributed by atoms with Gasteiger partial charge in [0.05, 0.1) is 0 Å². The fourth-order valence-corrected chi connectivity index (χ4v) is 3.25. The SMILES string of the molecule is C=CCOc1cc2c(c(F)c1F)Oc1c(ccc(CCC(=C)/C=C\C(=C)CC)c1F)C2. The first-order chi connectivity index (χ1) is 14.8. The van der Waals surface area contributed by atoms with Crippen LogP contribution in [0.1, 0.15) is 36.5 Å². The van der Waals surface area contributed by atoms with E-state index in [1.807, 2.05) is 19.1 Å². The minimum atomic E-state index is -1.19. The average Bonchev–Trinajstić information content (AvgIpc) is 2.77. The monoisotopic (exact) mass is 426 g/mol.